The van der Waals surface area contributed by atoms with Crippen LogP contribution in [-0.2, 0) is 4.79 Å². The second-order valence-corrected chi connectivity index (χ2v) is 15.5. The van der Waals surface area contributed by atoms with E-state index in [1.165, 1.54) is 19.2 Å². The number of amides is 1. The van der Waals surface area contributed by atoms with Gasteiger partial charge in [0.15, 0.2) is 0 Å². The minimum absolute atomic E-state index is 0.0876. The number of nitrogens with one attached hydrogen (secondary N) is 1. The van der Waals surface area contributed by atoms with E-state index in [4.69, 9.17) is 14.5 Å². The van der Waals surface area contributed by atoms with Gasteiger partial charge < -0.3 is 0 Å². The van der Waals surface area contributed by atoms with Gasteiger partial charge in [-0.1, -0.05) is 0 Å². The zero-order chi connectivity index (χ0) is 27.2. The van der Waals surface area contributed by atoms with Gasteiger partial charge in [0.2, 0.25) is 0 Å². The van der Waals surface area contributed by atoms with Crippen molar-refractivity contribution in [3.05, 3.63) is 89.2 Å². The monoisotopic (exact) mass is 976 g/mol. The summed E-state index contributed by atoms with van der Waals surface area (Å²) in [5, 5.41) is 2.68. The van der Waals surface area contributed by atoms with Gasteiger partial charge >= 0.3 is 210 Å². The van der Waals surface area contributed by atoms with Crippen LogP contribution in [0.25, 0.3) is 0 Å². The van der Waals surface area contributed by atoms with E-state index in [1.807, 2.05) is 30.3 Å². The molecule has 1 aliphatic rings. The summed E-state index contributed by atoms with van der Waals surface area (Å²) in [7, 11) is 3.61. The van der Waals surface area contributed by atoms with Gasteiger partial charge in [-0.05, 0) is 0 Å². The molecule has 2 atom stereocenters. The number of para-hydroxylation sites is 1. The van der Waals surface area contributed by atoms with Crippen LogP contribution in [0.2, 0.25) is 7.43 Å². The zero-order valence-electron chi connectivity index (χ0n) is 20.7. The van der Waals surface area contributed by atoms with Crippen LogP contribution in [0, 0.1) is 5.82 Å². The number of ether oxygens (including phenoxy) is 2. The molecule has 2 unspecified atom stereocenters. The fraction of sp³-hybridized carbons (Fsp3) is 0.250. The molecule has 7 nitrogen and oxygen atoms in total. The molecule has 0 aromatic heterocycles. The molecule has 38 heavy (non-hydrogen) atoms. The van der Waals surface area contributed by atoms with Gasteiger partial charge in [-0.2, -0.15) is 0 Å². The summed E-state index contributed by atoms with van der Waals surface area (Å²) in [5.74, 6) is -0.302. The van der Waals surface area contributed by atoms with Crippen LogP contribution in [0.3, 0.4) is 0 Å². The second-order valence-electron chi connectivity index (χ2n) is 8.58. The van der Waals surface area contributed by atoms with Crippen molar-refractivity contribution in [2.24, 2.45) is 4.99 Å². The summed E-state index contributed by atoms with van der Waals surface area (Å²) in [5.41, 5.74) is 12.4. The third kappa shape index (κ3) is 5.28. The Kier molecular flexibility index (Phi) is 7.06. The summed E-state index contributed by atoms with van der Waals surface area (Å²) in [4.78, 5) is 30.8. The van der Waals surface area contributed by atoms with E-state index in [0.717, 1.165) is 17.2 Å². The molecule has 0 bridgehead atoms. The van der Waals surface area contributed by atoms with E-state index in [0.29, 0.717) is 36.2 Å². The third-order valence-corrected chi connectivity index (χ3v) is 9.39. The van der Waals surface area contributed by atoms with E-state index in [2.05, 4.69) is 5.32 Å². The molecule has 3 aromatic carbocycles. The summed E-state index contributed by atoms with van der Waals surface area (Å²) < 4.78 is 23.8. The van der Waals surface area contributed by atoms with Crippen molar-refractivity contribution in [3.63, 3.8) is 0 Å². The predicted molar refractivity (Wildman–Crippen MR) is 134 cm³/mol. The Labute approximate surface area is 210 Å². The number of aliphatic imine (C=N–C) groups is 1. The van der Waals surface area contributed by atoms with Gasteiger partial charge in [0.25, 0.3) is 0 Å². The molecule has 1 amide bonds. The molecule has 0 radical (unpaired) electrons. The molecule has 3 aromatic rings. The standard InChI is InChI=1S/C27H23FN2O4.CH3.2Cm.H2O/c1-29-24(31)16-34-23-10-6-9-20(27(23)33-2)21-15-22(17-11-13-19(28)14-12-17)30-25(21)26(32)18-7-4-3-5-8-18;;;;/h3-7,9-14,21,25H,1,15-16H2,2H3,(H,29,31);1H3;;;1H2/q;;;+1;/p-1. The molecule has 0 fully saturated rings. The van der Waals surface area contributed by atoms with Crippen LogP contribution in [0.4, 0.5) is 4.39 Å². The average molecular weight is 985 g/mol. The Morgan fingerprint density at radius 1 is 1.13 bits per heavy atom. The first-order chi connectivity index (χ1) is 18.3. The van der Waals surface area contributed by atoms with Crippen molar-refractivity contribution >= 4 is 23.5 Å². The summed E-state index contributed by atoms with van der Waals surface area (Å²) in [6, 6.07) is 19.2. The van der Waals surface area contributed by atoms with E-state index in [1.54, 1.807) is 31.7 Å². The number of methoxy groups -OCH3 is 1. The van der Waals surface area contributed by atoms with Gasteiger partial charge in [-0.25, -0.2) is 0 Å². The van der Waals surface area contributed by atoms with Crippen LogP contribution in [0.15, 0.2) is 71.7 Å². The molecule has 1 heterocycles. The Bertz CT molecular complexity index is 1350. The van der Waals surface area contributed by atoms with Crippen LogP contribution >= 0.6 is 0 Å². The molecular weight excluding hydrogens is 957 g/mol. The summed E-state index contributed by atoms with van der Waals surface area (Å²) >= 11 is 0. The zero-order valence-corrected chi connectivity index (χ0v) is 26.6. The summed E-state index contributed by atoms with van der Waals surface area (Å²) in [6.07, 6.45) is 0.447. The fourth-order valence-electron chi connectivity index (χ4n) is 4.31. The minimum atomic E-state index is -2.44. The Morgan fingerprint density at radius 2 is 1.87 bits per heavy atom. The SMILES string of the molecule is COc1c(OCC(=O)N[CH2][Cm]([CH3])[OH])cccc1C1CC(c2ccc(F)cc2)=NC1C(=O)c1cccc[c]1[Cm]. The van der Waals surface area contributed by atoms with Gasteiger partial charge in [0.05, 0.1) is 0 Å². The first kappa shape index (κ1) is 25.1. The molecule has 0 saturated heterocycles. The van der Waals surface area contributed by atoms with Crippen molar-refractivity contribution in [1.29, 1.82) is 0 Å². The number of Topliss-reactive ketones (excluding diaryl/α,β-unsaturated/α-hetero) is 1. The molecule has 0 aliphatic carbocycles. The molecule has 10 heteroatoms. The van der Waals surface area contributed by atoms with Crippen molar-refractivity contribution in [1.82, 2.24) is 5.32 Å². The number of carbonyl (C=O) groups excluding carboxylic acids is 2. The molecule has 2 N–H and O–H groups in total. The van der Waals surface area contributed by atoms with Crippen molar-refractivity contribution < 1.29 is 28.9 Å². The molecular formula is C28H27Cm2FN2O5. The van der Waals surface area contributed by atoms with Crippen molar-refractivity contribution in [3.8, 4) is 11.5 Å². The summed E-state index contributed by atoms with van der Waals surface area (Å²) in [6.45, 7) is -0.230. The number of carbonyl (C=O) groups is 2. The number of benzene rings is 3. The molecule has 202 valence electrons. The number of halogens is 1. The fourth-order valence-corrected chi connectivity index (χ4v) is 6.54. The predicted octanol–water partition coefficient (Wildman–Crippen LogP) is 3.27. The van der Waals surface area contributed by atoms with Crippen LogP contribution in [0.1, 0.15) is 33.8 Å². The Morgan fingerprint density at radius 3 is 2.55 bits per heavy atom. The Hall–Kier alpha value is -6.04. The topological polar surface area (TPSA) is 97.2 Å². The van der Waals surface area contributed by atoms with Crippen molar-refractivity contribution in [2.45, 2.75) is 25.8 Å². The van der Waals surface area contributed by atoms with Crippen molar-refractivity contribution in [2.75, 3.05) is 20.8 Å². The number of hydrogen-bond acceptors (Lipinski definition) is 6. The quantitative estimate of drug-likeness (QED) is 0.305. The number of nitrogens with zero attached hydrogens (tertiary/aromatic N) is 1. The van der Waals surface area contributed by atoms with Gasteiger partial charge in [0.1, 0.15) is 0 Å². The maximum atomic E-state index is 13.8. The van der Waals surface area contributed by atoms with Crippen LogP contribution < -0.4 is 20.9 Å². The molecule has 4 rings (SSSR count). The second kappa shape index (κ2) is 10.7. The molecule has 1 aliphatic heterocycles. The van der Waals surface area contributed by atoms with Gasteiger partial charge in [-0.3, -0.25) is 0 Å². The van der Waals surface area contributed by atoms with E-state index < -0.39 is 6.04 Å². The third-order valence-electron chi connectivity index (χ3n) is 6.08. The number of rotatable bonds is 10. The normalized spacial score (nSPS) is 16.5. The van der Waals surface area contributed by atoms with Crippen LogP contribution in [-0.4, -0.2) is 49.7 Å². The van der Waals surface area contributed by atoms with E-state index in [9.17, 15) is 19.5 Å². The molecule has 0 spiro atoms. The molecule has 0 saturated carbocycles. The van der Waals surface area contributed by atoms with Crippen LogP contribution in [0.5, 0.6) is 11.5 Å². The first-order valence-electron chi connectivity index (χ1n) is 11.6. The first-order valence-corrected chi connectivity index (χ1v) is 19.5. The Balaban J connectivity index is 1.68. The van der Waals surface area contributed by atoms with E-state index in [-0.39, 0.29) is 30.0 Å². The number of hydrogen-bond donors (Lipinski definition) is 2. The average Bonchev–Trinajstić information content (AvgIpc) is 3.36. The van der Waals surface area contributed by atoms with E-state index >= 15 is 0 Å². The van der Waals surface area contributed by atoms with Gasteiger partial charge in [-0.15, -0.1) is 0 Å². The van der Waals surface area contributed by atoms with Gasteiger partial charge in [0, 0.05) is 0 Å². The number of ketones is 1. The maximum absolute atomic E-state index is 13.8.